The largest absolute Gasteiger partial charge is 0.356 e. The number of piperidine rings is 1. The molecule has 4 rings (SSSR count). The molecule has 144 valence electrons. The number of amides is 1. The van der Waals surface area contributed by atoms with Gasteiger partial charge >= 0.3 is 0 Å². The molecule has 0 N–H and O–H groups in total. The summed E-state index contributed by atoms with van der Waals surface area (Å²) in [7, 11) is 3.75. The van der Waals surface area contributed by atoms with E-state index in [0.29, 0.717) is 17.5 Å². The Morgan fingerprint density at radius 3 is 2.59 bits per heavy atom. The molecule has 1 saturated heterocycles. The molecule has 1 saturated carbocycles. The number of nitrogens with zero attached hydrogens (tertiary/aromatic N) is 6. The van der Waals surface area contributed by atoms with Crippen molar-refractivity contribution < 1.29 is 4.79 Å². The Labute approximate surface area is 160 Å². The van der Waals surface area contributed by atoms with Gasteiger partial charge in [-0.25, -0.2) is 15.0 Å². The van der Waals surface area contributed by atoms with E-state index >= 15 is 0 Å². The quantitative estimate of drug-likeness (QED) is 0.811. The first-order valence-electron chi connectivity index (χ1n) is 9.83. The van der Waals surface area contributed by atoms with E-state index in [4.69, 9.17) is 4.98 Å². The van der Waals surface area contributed by atoms with Gasteiger partial charge in [-0.1, -0.05) is 0 Å². The number of hydrogen-bond donors (Lipinski definition) is 0. The molecule has 1 aliphatic carbocycles. The molecule has 0 radical (unpaired) electrons. The molecule has 7 nitrogen and oxygen atoms in total. The van der Waals surface area contributed by atoms with Crippen molar-refractivity contribution in [3.63, 3.8) is 0 Å². The first-order valence-corrected chi connectivity index (χ1v) is 9.83. The average Bonchev–Trinajstić information content (AvgIpc) is 3.42. The predicted octanol–water partition coefficient (Wildman–Crippen LogP) is 2.38. The van der Waals surface area contributed by atoms with Crippen molar-refractivity contribution in [1.82, 2.24) is 24.4 Å². The Kier molecular flexibility index (Phi) is 4.85. The van der Waals surface area contributed by atoms with E-state index in [1.165, 1.54) is 12.8 Å². The number of carbonyl (C=O) groups excluding carboxylic acids is 1. The second-order valence-corrected chi connectivity index (χ2v) is 8.04. The van der Waals surface area contributed by atoms with Gasteiger partial charge in [-0.05, 0) is 38.5 Å². The van der Waals surface area contributed by atoms with Gasteiger partial charge in [0.25, 0.3) is 5.91 Å². The molecule has 2 fully saturated rings. The molecule has 2 aliphatic rings. The first-order chi connectivity index (χ1) is 13.0. The van der Waals surface area contributed by atoms with Crippen LogP contribution in [0.1, 0.15) is 53.6 Å². The molecule has 0 spiro atoms. The molecule has 2 aromatic rings. The van der Waals surface area contributed by atoms with Crippen LogP contribution in [0.25, 0.3) is 0 Å². The Balaban J connectivity index is 1.33. The lowest BCUT2D eigenvalue weighted by molar-refractivity contribution is 0.0759. The zero-order chi connectivity index (χ0) is 19.0. The number of rotatable bonds is 5. The van der Waals surface area contributed by atoms with Crippen LogP contribution in [0.2, 0.25) is 0 Å². The number of anilines is 1. The Morgan fingerprint density at radius 1 is 1.22 bits per heavy atom. The van der Waals surface area contributed by atoms with Crippen LogP contribution in [0, 0.1) is 12.8 Å². The van der Waals surface area contributed by atoms with Crippen molar-refractivity contribution in [2.24, 2.45) is 13.0 Å². The van der Waals surface area contributed by atoms with E-state index in [9.17, 15) is 4.79 Å². The molecule has 7 heteroatoms. The van der Waals surface area contributed by atoms with Crippen LogP contribution in [0.5, 0.6) is 0 Å². The Morgan fingerprint density at radius 2 is 1.96 bits per heavy atom. The lowest BCUT2D eigenvalue weighted by atomic mass is 9.96. The number of carbonyl (C=O) groups is 1. The maximum atomic E-state index is 12.5. The maximum absolute atomic E-state index is 12.5. The molecular formula is C20H28N6O. The Hall–Kier alpha value is -2.44. The van der Waals surface area contributed by atoms with Gasteiger partial charge in [0, 0.05) is 57.6 Å². The van der Waals surface area contributed by atoms with Crippen molar-refractivity contribution in [3.8, 4) is 0 Å². The van der Waals surface area contributed by atoms with E-state index in [1.807, 2.05) is 19.0 Å². The van der Waals surface area contributed by atoms with Crippen molar-refractivity contribution in [2.45, 2.75) is 38.5 Å². The lowest BCUT2D eigenvalue weighted by Gasteiger charge is -2.34. The average molecular weight is 368 g/mol. The molecule has 0 bridgehead atoms. The van der Waals surface area contributed by atoms with E-state index in [2.05, 4.69) is 27.9 Å². The minimum absolute atomic E-state index is 0.00136. The Bertz CT molecular complexity index is 820. The normalized spacial score (nSPS) is 18.0. The van der Waals surface area contributed by atoms with Crippen LogP contribution >= 0.6 is 0 Å². The van der Waals surface area contributed by atoms with Crippen LogP contribution in [-0.2, 0) is 7.05 Å². The van der Waals surface area contributed by atoms with Crippen LogP contribution < -0.4 is 4.90 Å². The van der Waals surface area contributed by atoms with Crippen LogP contribution in [0.15, 0.2) is 18.6 Å². The highest BCUT2D eigenvalue weighted by Gasteiger charge is 2.29. The summed E-state index contributed by atoms with van der Waals surface area (Å²) in [5.74, 6) is 3.18. The van der Waals surface area contributed by atoms with Gasteiger partial charge in [0.2, 0.25) is 0 Å². The van der Waals surface area contributed by atoms with Crippen LogP contribution in [-0.4, -0.2) is 57.0 Å². The van der Waals surface area contributed by atoms with E-state index in [0.717, 1.165) is 49.8 Å². The van der Waals surface area contributed by atoms with Crippen LogP contribution in [0.3, 0.4) is 0 Å². The van der Waals surface area contributed by atoms with Crippen LogP contribution in [0.4, 0.5) is 5.82 Å². The summed E-state index contributed by atoms with van der Waals surface area (Å²) in [5, 5.41) is 0. The van der Waals surface area contributed by atoms with Gasteiger partial charge in [-0.2, -0.15) is 0 Å². The second-order valence-electron chi connectivity index (χ2n) is 8.04. The summed E-state index contributed by atoms with van der Waals surface area (Å²) in [6, 6.07) is 2.10. The van der Waals surface area contributed by atoms with Gasteiger partial charge in [-0.3, -0.25) is 4.79 Å². The van der Waals surface area contributed by atoms with E-state index < -0.39 is 0 Å². The summed E-state index contributed by atoms with van der Waals surface area (Å²) in [5.41, 5.74) is 1.58. The van der Waals surface area contributed by atoms with Gasteiger partial charge in [0.1, 0.15) is 17.3 Å². The zero-order valence-corrected chi connectivity index (χ0v) is 16.4. The topological polar surface area (TPSA) is 67.2 Å². The van der Waals surface area contributed by atoms with Crippen molar-refractivity contribution in [3.05, 3.63) is 35.8 Å². The minimum atomic E-state index is -0.00136. The summed E-state index contributed by atoms with van der Waals surface area (Å²) in [4.78, 5) is 30.3. The highest BCUT2D eigenvalue weighted by Crippen LogP contribution is 2.38. The third-order valence-corrected chi connectivity index (χ3v) is 5.54. The fraction of sp³-hybridized carbons (Fsp3) is 0.600. The molecule has 2 aromatic heterocycles. The number of aryl methyl sites for hydroxylation is 2. The summed E-state index contributed by atoms with van der Waals surface area (Å²) in [6.07, 6.45) is 8.03. The zero-order valence-electron chi connectivity index (χ0n) is 16.4. The maximum Gasteiger partial charge on any atom is 0.273 e. The molecule has 0 unspecified atom stereocenters. The number of aromatic nitrogens is 4. The summed E-state index contributed by atoms with van der Waals surface area (Å²) in [6.45, 7) is 4.80. The SMILES string of the molecule is Cc1cc(N2CCC(CN(C)C(=O)c3cn(C)cn3)CC2)nc(C2CC2)n1. The smallest absolute Gasteiger partial charge is 0.273 e. The fourth-order valence-corrected chi connectivity index (χ4v) is 3.79. The molecule has 3 heterocycles. The van der Waals surface area contributed by atoms with Gasteiger partial charge < -0.3 is 14.4 Å². The predicted molar refractivity (Wildman–Crippen MR) is 104 cm³/mol. The standard InChI is InChI=1S/C20H28N6O/c1-14-10-18(23-19(22-14)16-4-5-16)26-8-6-15(7-9-26)11-25(3)20(27)17-12-24(2)13-21-17/h10,12-13,15-16H,4-9,11H2,1-3H3. The molecule has 0 aromatic carbocycles. The second kappa shape index (κ2) is 7.29. The monoisotopic (exact) mass is 368 g/mol. The van der Waals surface area contributed by atoms with Crippen molar-refractivity contribution in [2.75, 3.05) is 31.6 Å². The third kappa shape index (κ3) is 4.12. The highest BCUT2D eigenvalue weighted by atomic mass is 16.2. The van der Waals surface area contributed by atoms with E-state index in [-0.39, 0.29) is 5.91 Å². The van der Waals surface area contributed by atoms with Gasteiger partial charge in [0.15, 0.2) is 0 Å². The fourth-order valence-electron chi connectivity index (χ4n) is 3.79. The summed E-state index contributed by atoms with van der Waals surface area (Å²) < 4.78 is 1.80. The molecule has 27 heavy (non-hydrogen) atoms. The molecule has 1 amide bonds. The van der Waals surface area contributed by atoms with E-state index in [1.54, 1.807) is 17.1 Å². The third-order valence-electron chi connectivity index (χ3n) is 5.54. The number of imidazole rings is 1. The minimum Gasteiger partial charge on any atom is -0.356 e. The van der Waals surface area contributed by atoms with Crippen molar-refractivity contribution in [1.29, 1.82) is 0 Å². The van der Waals surface area contributed by atoms with Gasteiger partial charge in [0.05, 0.1) is 6.33 Å². The number of hydrogen-bond acceptors (Lipinski definition) is 5. The lowest BCUT2D eigenvalue weighted by Crippen LogP contribution is -2.40. The van der Waals surface area contributed by atoms with Crippen molar-refractivity contribution >= 4 is 11.7 Å². The molecule has 0 atom stereocenters. The summed E-state index contributed by atoms with van der Waals surface area (Å²) >= 11 is 0. The molecule has 1 aliphatic heterocycles. The highest BCUT2D eigenvalue weighted by molar-refractivity contribution is 5.91. The molecular weight excluding hydrogens is 340 g/mol. The first kappa shape index (κ1) is 17.9. The van der Waals surface area contributed by atoms with Gasteiger partial charge in [-0.15, -0.1) is 0 Å².